The number of hydrogen-bond acceptors (Lipinski definition) is 0. The van der Waals surface area contributed by atoms with Crippen LogP contribution in [0.5, 0.6) is 0 Å². The molecule has 0 aromatic heterocycles. The van der Waals surface area contributed by atoms with Crippen LogP contribution in [0.25, 0.3) is 34.4 Å². The van der Waals surface area contributed by atoms with E-state index in [2.05, 4.69) is 159 Å². The first kappa shape index (κ1) is 36.8. The molecule has 0 N–H and O–H groups in total. The van der Waals surface area contributed by atoms with Crippen molar-refractivity contribution in [2.75, 3.05) is 0 Å². The normalized spacial score (nSPS) is 19.8. The van der Waals surface area contributed by atoms with Crippen molar-refractivity contribution in [2.45, 2.75) is 99.9 Å². The topological polar surface area (TPSA) is 0 Å². The summed E-state index contributed by atoms with van der Waals surface area (Å²) >= 11 is -4.83. The molecule has 6 rings (SSSR count). The van der Waals surface area contributed by atoms with Gasteiger partial charge < -0.3 is 0 Å². The number of halogens is 2. The van der Waals surface area contributed by atoms with Gasteiger partial charge in [0.1, 0.15) is 0 Å². The van der Waals surface area contributed by atoms with Crippen molar-refractivity contribution in [1.82, 2.24) is 0 Å². The predicted octanol–water partition coefficient (Wildman–Crippen LogP) is 14.7. The van der Waals surface area contributed by atoms with Gasteiger partial charge in [0.05, 0.1) is 0 Å². The second kappa shape index (κ2) is 14.2. The molecule has 0 saturated carbocycles. The Kier molecular flexibility index (Phi) is 10.7. The molecule has 0 heterocycles. The average molecular weight is 786 g/mol. The summed E-state index contributed by atoms with van der Waals surface area (Å²) in [5, 5.41) is 0. The second-order valence-electron chi connectivity index (χ2n) is 15.6. The van der Waals surface area contributed by atoms with Crippen LogP contribution in [-0.4, -0.2) is 5.92 Å². The van der Waals surface area contributed by atoms with Gasteiger partial charge in [-0.15, -0.1) is 0 Å². The van der Waals surface area contributed by atoms with Crippen molar-refractivity contribution in [3.8, 4) is 22.3 Å². The summed E-state index contributed by atoms with van der Waals surface area (Å²) in [6.07, 6.45) is 8.32. The van der Waals surface area contributed by atoms with E-state index in [0.29, 0.717) is 17.8 Å². The van der Waals surface area contributed by atoms with Gasteiger partial charge >= 0.3 is 308 Å². The molecule has 4 aromatic carbocycles. The molecule has 257 valence electrons. The van der Waals surface area contributed by atoms with Crippen LogP contribution in [0.4, 0.5) is 0 Å². The molecule has 0 aliphatic heterocycles. The Morgan fingerprint density at radius 2 is 1.02 bits per heavy atom. The van der Waals surface area contributed by atoms with Gasteiger partial charge in [-0.2, -0.15) is 0 Å². The summed E-state index contributed by atoms with van der Waals surface area (Å²) in [6, 6.07) is 32.3. The first-order valence-corrected chi connectivity index (χ1v) is 35.1. The fourth-order valence-corrected chi connectivity index (χ4v) is 40.9. The van der Waals surface area contributed by atoms with Gasteiger partial charge in [-0.3, -0.25) is 0 Å². The zero-order chi connectivity index (χ0) is 35.3. The minimum absolute atomic E-state index is 0.0904. The quantitative estimate of drug-likeness (QED) is 0.133. The molecule has 5 atom stereocenters. The maximum atomic E-state index is 8.68. The SMILES string of the molecule is CCC(C)C1=Cc2c(-c3ccc(C(C)CC)cc3)cccc2[CH]1[Zr]([Cl])([Cl])([CH]1C(C)=Cc2c(-c3ccc(C(C)CC)cc3)cccc21)[SiH](C)C. The Hall–Kier alpha value is -1.96. The Morgan fingerprint density at radius 3 is 1.45 bits per heavy atom. The summed E-state index contributed by atoms with van der Waals surface area (Å²) in [5.74, 6) is -0.111. The zero-order valence-electron chi connectivity index (χ0n) is 31.1. The number of allylic oxidation sites excluding steroid dienone is 2. The van der Waals surface area contributed by atoms with Crippen LogP contribution >= 0.6 is 17.0 Å². The van der Waals surface area contributed by atoms with E-state index in [1.807, 2.05) is 0 Å². The number of fused-ring (bicyclic) bond motifs is 2. The van der Waals surface area contributed by atoms with E-state index in [4.69, 9.17) is 17.0 Å². The van der Waals surface area contributed by atoms with Gasteiger partial charge in [0.25, 0.3) is 0 Å². The van der Waals surface area contributed by atoms with Gasteiger partial charge in [-0.25, -0.2) is 0 Å². The van der Waals surface area contributed by atoms with Crippen LogP contribution in [0.3, 0.4) is 0 Å². The van der Waals surface area contributed by atoms with Gasteiger partial charge in [0.2, 0.25) is 0 Å². The zero-order valence-corrected chi connectivity index (χ0v) is 36.2. The first-order valence-electron chi connectivity index (χ1n) is 18.8. The van der Waals surface area contributed by atoms with Crippen LogP contribution in [-0.2, 0) is 15.6 Å². The molecule has 4 heteroatoms. The van der Waals surface area contributed by atoms with E-state index in [-0.39, 0.29) is 7.25 Å². The number of rotatable bonds is 11. The van der Waals surface area contributed by atoms with Crippen molar-refractivity contribution >= 4 is 35.1 Å². The van der Waals surface area contributed by atoms with Crippen LogP contribution < -0.4 is 0 Å². The second-order valence-corrected chi connectivity index (χ2v) is 58.1. The summed E-state index contributed by atoms with van der Waals surface area (Å²) in [4.78, 5) is 0. The van der Waals surface area contributed by atoms with Gasteiger partial charge in [0.15, 0.2) is 0 Å². The van der Waals surface area contributed by atoms with Crippen molar-refractivity contribution in [1.29, 1.82) is 0 Å². The van der Waals surface area contributed by atoms with Gasteiger partial charge in [0, 0.05) is 0 Å². The molecule has 0 radical (unpaired) electrons. The standard InChI is InChI=1S/C23H27.C20H21.C2H7Si.2ClH.Zr/c1-5-16(3)18-10-12-19(13-11-18)22-9-7-8-20-14-21(15-23(20)22)17(4)6-2;1-4-15(3)16-8-10-17(11-9-16)19-7-5-6-18-12-14(2)13-20(18)19;1-3-2;;;/h7-17H,5-6H2,1-4H3;5-13,15H,4H2,1-3H3;3H,1-2H3;2*1H;/q;;;;;+2/p-2. The molecular weight excluding hydrogens is 731 g/mol. The fourth-order valence-electron chi connectivity index (χ4n) is 8.78. The van der Waals surface area contributed by atoms with E-state index < -0.39 is 21.5 Å². The Bertz CT molecular complexity index is 1900. The first-order chi connectivity index (χ1) is 23.3. The predicted molar refractivity (Wildman–Crippen MR) is 218 cm³/mol. The van der Waals surface area contributed by atoms with E-state index >= 15 is 0 Å². The summed E-state index contributed by atoms with van der Waals surface area (Å²) in [6.45, 7) is 21.1. The molecule has 0 spiro atoms. The van der Waals surface area contributed by atoms with Crippen molar-refractivity contribution < 1.29 is 15.6 Å². The van der Waals surface area contributed by atoms with Crippen LogP contribution in [0.1, 0.15) is 120 Å². The summed E-state index contributed by atoms with van der Waals surface area (Å²) in [5.41, 5.74) is 16.1. The molecule has 0 amide bonds. The Labute approximate surface area is 305 Å². The maximum absolute atomic E-state index is 8.68. The molecule has 0 bridgehead atoms. The molecule has 4 aromatic rings. The molecule has 0 saturated heterocycles. The Morgan fingerprint density at radius 1 is 0.592 bits per heavy atom. The van der Waals surface area contributed by atoms with Gasteiger partial charge in [-0.1, -0.05) is 0 Å². The molecule has 0 nitrogen and oxygen atoms in total. The number of benzene rings is 4. The number of hydrogen-bond donors (Lipinski definition) is 0. The molecule has 49 heavy (non-hydrogen) atoms. The fraction of sp³-hybridized carbons (Fsp3) is 0.378. The molecule has 2 aliphatic rings. The molecule has 0 fully saturated rings. The monoisotopic (exact) mass is 783 g/mol. The third kappa shape index (κ3) is 6.20. The summed E-state index contributed by atoms with van der Waals surface area (Å²) in [7, 11) is 17.4. The third-order valence-electron chi connectivity index (χ3n) is 12.6. The molecular formula is C45H55Cl2SiZr. The van der Waals surface area contributed by atoms with Crippen molar-refractivity contribution in [2.24, 2.45) is 5.92 Å². The van der Waals surface area contributed by atoms with E-state index in [1.165, 1.54) is 66.8 Å². The van der Waals surface area contributed by atoms with Crippen LogP contribution in [0.15, 0.2) is 96.1 Å². The van der Waals surface area contributed by atoms with E-state index in [0.717, 1.165) is 19.3 Å². The minimum atomic E-state index is -4.83. The average Bonchev–Trinajstić information content (AvgIpc) is 3.69. The van der Waals surface area contributed by atoms with Crippen LogP contribution in [0.2, 0.25) is 13.1 Å². The molecule has 2 aliphatic carbocycles. The van der Waals surface area contributed by atoms with E-state index in [9.17, 15) is 0 Å². The van der Waals surface area contributed by atoms with Crippen molar-refractivity contribution in [3.63, 3.8) is 0 Å². The van der Waals surface area contributed by atoms with Crippen LogP contribution in [0, 0.1) is 5.92 Å². The summed E-state index contributed by atoms with van der Waals surface area (Å²) < 4.78 is 0.186. The van der Waals surface area contributed by atoms with E-state index in [1.54, 1.807) is 0 Å². The Balaban J connectivity index is 1.51. The third-order valence-corrected chi connectivity index (χ3v) is 64.5. The van der Waals surface area contributed by atoms with Crippen molar-refractivity contribution in [3.05, 3.63) is 129 Å². The van der Waals surface area contributed by atoms with Gasteiger partial charge in [-0.05, 0) is 0 Å². The molecule has 5 unspecified atom stereocenters.